The second-order valence-electron chi connectivity index (χ2n) is 5.44. The monoisotopic (exact) mass is 272 g/mol. The van der Waals surface area contributed by atoms with Crippen LogP contribution in [0.3, 0.4) is 0 Å². The maximum atomic E-state index is 11.9. The third-order valence-corrected chi connectivity index (χ3v) is 4.07. The molecule has 2 heterocycles. The number of carbonyl (C=O) groups is 1. The minimum atomic E-state index is -0.388. The van der Waals surface area contributed by atoms with Crippen LogP contribution in [0, 0.1) is 0 Å². The molecule has 5 heteroatoms. The van der Waals surface area contributed by atoms with Gasteiger partial charge in [0.25, 0.3) is 0 Å². The van der Waals surface area contributed by atoms with Crippen molar-refractivity contribution in [1.29, 1.82) is 0 Å². The summed E-state index contributed by atoms with van der Waals surface area (Å²) < 4.78 is 1.90. The van der Waals surface area contributed by atoms with Gasteiger partial charge in [0.1, 0.15) is 0 Å². The van der Waals surface area contributed by atoms with Crippen molar-refractivity contribution < 1.29 is 4.79 Å². The van der Waals surface area contributed by atoms with Crippen LogP contribution < -0.4 is 10.7 Å². The van der Waals surface area contributed by atoms with E-state index >= 15 is 0 Å². The van der Waals surface area contributed by atoms with E-state index in [1.54, 1.807) is 5.01 Å². The predicted octanol–water partition coefficient (Wildman–Crippen LogP) is 1.75. The van der Waals surface area contributed by atoms with Crippen LogP contribution in [0.15, 0.2) is 36.5 Å². The maximum Gasteiger partial charge on any atom is 0.334 e. The number of fused-ring (bicyclic) bond motifs is 1. The van der Waals surface area contributed by atoms with Crippen LogP contribution >= 0.6 is 0 Å². The largest absolute Gasteiger partial charge is 0.350 e. The molecule has 0 spiro atoms. The van der Waals surface area contributed by atoms with Crippen molar-refractivity contribution in [2.24, 2.45) is 5.73 Å². The van der Waals surface area contributed by atoms with E-state index in [0.717, 1.165) is 36.8 Å². The highest BCUT2D eigenvalue weighted by molar-refractivity contribution is 5.87. The molecule has 2 aromatic rings. The number of benzene rings is 1. The predicted molar refractivity (Wildman–Crippen MR) is 80.3 cm³/mol. The summed E-state index contributed by atoms with van der Waals surface area (Å²) in [5.41, 5.74) is 6.66. The molecule has 0 bridgehead atoms. The summed E-state index contributed by atoms with van der Waals surface area (Å²) in [6, 6.07) is 9.82. The van der Waals surface area contributed by atoms with Crippen LogP contribution in [-0.4, -0.2) is 41.8 Å². The molecule has 1 aliphatic heterocycles. The number of piperidine rings is 1. The Morgan fingerprint density at radius 1 is 1.25 bits per heavy atom. The van der Waals surface area contributed by atoms with Crippen LogP contribution in [0.4, 0.5) is 4.79 Å². The van der Waals surface area contributed by atoms with E-state index in [2.05, 4.69) is 11.9 Å². The number of aromatic nitrogens is 1. The van der Waals surface area contributed by atoms with Gasteiger partial charge in [-0.2, -0.15) is 0 Å². The summed E-state index contributed by atoms with van der Waals surface area (Å²) in [5.74, 6) is 0. The van der Waals surface area contributed by atoms with Crippen LogP contribution in [0.2, 0.25) is 0 Å². The molecule has 0 aliphatic carbocycles. The zero-order valence-corrected chi connectivity index (χ0v) is 11.7. The summed E-state index contributed by atoms with van der Waals surface area (Å²) in [7, 11) is 2.11. The molecule has 3 rings (SSSR count). The minimum Gasteiger partial charge on any atom is -0.350 e. The van der Waals surface area contributed by atoms with Crippen LogP contribution in [0.25, 0.3) is 10.9 Å². The molecule has 2 amide bonds. The molecule has 0 atom stereocenters. The number of urea groups is 1. The Morgan fingerprint density at radius 2 is 1.95 bits per heavy atom. The molecule has 5 nitrogen and oxygen atoms in total. The molecule has 20 heavy (non-hydrogen) atoms. The van der Waals surface area contributed by atoms with Gasteiger partial charge < -0.3 is 10.6 Å². The number of hydrogen-bond acceptors (Lipinski definition) is 2. The van der Waals surface area contributed by atoms with Crippen molar-refractivity contribution in [1.82, 2.24) is 9.58 Å². The number of nitrogens with two attached hydrogens (primary N) is 1. The highest BCUT2D eigenvalue weighted by Crippen LogP contribution is 2.20. The number of nitrogens with zero attached hydrogens (tertiary/aromatic N) is 3. The van der Waals surface area contributed by atoms with Crippen molar-refractivity contribution in [3.8, 4) is 0 Å². The lowest BCUT2D eigenvalue weighted by Crippen LogP contribution is -2.54. The van der Waals surface area contributed by atoms with E-state index in [1.165, 1.54) is 0 Å². The first-order chi connectivity index (χ1) is 9.66. The number of para-hydroxylation sites is 1. The van der Waals surface area contributed by atoms with Gasteiger partial charge in [0.2, 0.25) is 0 Å². The number of primary amides is 1. The third-order valence-electron chi connectivity index (χ3n) is 4.07. The Morgan fingerprint density at radius 3 is 2.65 bits per heavy atom. The molecule has 0 saturated carbocycles. The van der Waals surface area contributed by atoms with Crippen LogP contribution in [0.1, 0.15) is 12.8 Å². The van der Waals surface area contributed by atoms with E-state index < -0.39 is 0 Å². The highest BCUT2D eigenvalue weighted by Gasteiger charge is 2.27. The average Bonchev–Trinajstić information content (AvgIpc) is 2.85. The van der Waals surface area contributed by atoms with E-state index in [0.29, 0.717) is 0 Å². The van der Waals surface area contributed by atoms with E-state index in [1.807, 2.05) is 41.2 Å². The van der Waals surface area contributed by atoms with E-state index in [9.17, 15) is 4.79 Å². The fourth-order valence-electron chi connectivity index (χ4n) is 2.96. The van der Waals surface area contributed by atoms with Crippen LogP contribution in [0.5, 0.6) is 0 Å². The van der Waals surface area contributed by atoms with Gasteiger partial charge in [0.05, 0.1) is 11.6 Å². The third kappa shape index (κ3) is 2.25. The summed E-state index contributed by atoms with van der Waals surface area (Å²) in [6.07, 6.45) is 3.83. The van der Waals surface area contributed by atoms with Gasteiger partial charge in [-0.1, -0.05) is 18.2 Å². The second kappa shape index (κ2) is 5.17. The number of hydrogen-bond donors (Lipinski definition) is 1. The Balaban J connectivity index is 1.96. The lowest BCUT2D eigenvalue weighted by Gasteiger charge is -2.36. The van der Waals surface area contributed by atoms with Gasteiger partial charge in [-0.3, -0.25) is 4.68 Å². The average molecular weight is 272 g/mol. The second-order valence-corrected chi connectivity index (χ2v) is 5.44. The maximum absolute atomic E-state index is 11.9. The number of amides is 2. The summed E-state index contributed by atoms with van der Waals surface area (Å²) in [5, 5.41) is 2.82. The molecule has 0 radical (unpaired) electrons. The van der Waals surface area contributed by atoms with Crippen molar-refractivity contribution in [2.45, 2.75) is 18.9 Å². The quantitative estimate of drug-likeness (QED) is 0.905. The Labute approximate surface area is 118 Å². The Bertz CT molecular complexity index is 613. The fraction of sp³-hybridized carbons (Fsp3) is 0.400. The van der Waals surface area contributed by atoms with Crippen molar-refractivity contribution in [2.75, 3.05) is 25.1 Å². The first kappa shape index (κ1) is 13.0. The Kier molecular flexibility index (Phi) is 3.36. The highest BCUT2D eigenvalue weighted by atomic mass is 16.2. The number of likely N-dealkylation sites (tertiary alicyclic amines) is 1. The van der Waals surface area contributed by atoms with Crippen molar-refractivity contribution >= 4 is 16.9 Å². The molecule has 1 aliphatic rings. The molecule has 1 saturated heterocycles. The van der Waals surface area contributed by atoms with Gasteiger partial charge in [-0.25, -0.2) is 9.80 Å². The zero-order valence-electron chi connectivity index (χ0n) is 11.7. The summed E-state index contributed by atoms with van der Waals surface area (Å²) in [6.45, 7) is 1.99. The van der Waals surface area contributed by atoms with Gasteiger partial charge in [-0.15, -0.1) is 0 Å². The number of rotatable bonds is 2. The summed E-state index contributed by atoms with van der Waals surface area (Å²) >= 11 is 0. The topological polar surface area (TPSA) is 54.5 Å². The molecule has 2 N–H and O–H groups in total. The number of carbonyl (C=O) groups excluding carboxylic acids is 1. The first-order valence-corrected chi connectivity index (χ1v) is 7.00. The molecule has 1 aromatic carbocycles. The molecule has 0 unspecified atom stereocenters. The van der Waals surface area contributed by atoms with Crippen molar-refractivity contribution in [3.63, 3.8) is 0 Å². The first-order valence-electron chi connectivity index (χ1n) is 7.00. The zero-order chi connectivity index (χ0) is 14.1. The van der Waals surface area contributed by atoms with E-state index in [4.69, 9.17) is 5.73 Å². The minimum absolute atomic E-state index is 0.166. The van der Waals surface area contributed by atoms with Gasteiger partial charge in [0.15, 0.2) is 0 Å². The standard InChI is InChI=1S/C15H20N4O/c1-17-9-7-13(8-10-17)19(15(16)20)18-11-6-12-4-2-3-5-14(12)18/h2-6,11,13H,7-10H2,1H3,(H2,16,20). The van der Waals surface area contributed by atoms with Crippen LogP contribution in [-0.2, 0) is 0 Å². The molecule has 1 aromatic heterocycles. The van der Waals surface area contributed by atoms with Gasteiger partial charge in [-0.05, 0) is 45.1 Å². The van der Waals surface area contributed by atoms with Gasteiger partial charge in [0, 0.05) is 11.6 Å². The molecule has 106 valence electrons. The molecular formula is C15H20N4O. The lowest BCUT2D eigenvalue weighted by atomic mass is 10.1. The normalized spacial score (nSPS) is 17.4. The molecular weight excluding hydrogens is 252 g/mol. The fourth-order valence-corrected chi connectivity index (χ4v) is 2.96. The molecule has 1 fully saturated rings. The lowest BCUT2D eigenvalue weighted by molar-refractivity contribution is 0.220. The van der Waals surface area contributed by atoms with Crippen molar-refractivity contribution in [3.05, 3.63) is 36.5 Å². The SMILES string of the molecule is CN1CCC(N(C(N)=O)n2ccc3ccccc32)CC1. The van der Waals surface area contributed by atoms with Gasteiger partial charge >= 0.3 is 6.03 Å². The van der Waals surface area contributed by atoms with E-state index in [-0.39, 0.29) is 12.1 Å². The Hall–Kier alpha value is -2.01. The summed E-state index contributed by atoms with van der Waals surface area (Å²) in [4.78, 5) is 14.2. The smallest absolute Gasteiger partial charge is 0.334 e.